The summed E-state index contributed by atoms with van der Waals surface area (Å²) in [6, 6.07) is 8.06. The van der Waals surface area contributed by atoms with Crippen LogP contribution >= 0.6 is 0 Å². The minimum atomic E-state index is -0.335. The molecule has 0 spiro atoms. The Morgan fingerprint density at radius 2 is 2.12 bits per heavy atom. The maximum Gasteiger partial charge on any atom is 0.101 e. The lowest BCUT2D eigenvalue weighted by Gasteiger charge is -2.17. The van der Waals surface area contributed by atoms with Crippen LogP contribution < -0.4 is 5.32 Å². The molecule has 2 atom stereocenters. The molecule has 2 N–H and O–H groups in total. The van der Waals surface area contributed by atoms with Crippen LogP contribution in [0.25, 0.3) is 0 Å². The minimum Gasteiger partial charge on any atom is -0.393 e. The molecule has 16 heavy (non-hydrogen) atoms. The third-order valence-electron chi connectivity index (χ3n) is 2.39. The molecule has 0 saturated heterocycles. The third-order valence-corrected chi connectivity index (χ3v) is 2.39. The number of aliphatic hydroxyl groups excluding tert-OH is 1. The lowest BCUT2D eigenvalue weighted by Crippen LogP contribution is -2.21. The van der Waals surface area contributed by atoms with E-state index in [1.807, 2.05) is 32.0 Å². The van der Waals surface area contributed by atoms with Crippen LogP contribution in [0.5, 0.6) is 0 Å². The Labute approximate surface area is 96.7 Å². The number of nitrogens with one attached hydrogen (secondary N) is 1. The molecule has 1 aromatic carbocycles. The summed E-state index contributed by atoms with van der Waals surface area (Å²) in [5, 5.41) is 21.5. The van der Waals surface area contributed by atoms with Crippen molar-refractivity contribution in [1.82, 2.24) is 0 Å². The van der Waals surface area contributed by atoms with Crippen LogP contribution in [0, 0.1) is 18.3 Å². The van der Waals surface area contributed by atoms with Crippen molar-refractivity contribution in [2.75, 3.05) is 5.32 Å². The van der Waals surface area contributed by atoms with Crippen LogP contribution in [0.15, 0.2) is 18.2 Å². The van der Waals surface area contributed by atoms with Crippen LogP contribution in [0.1, 0.15) is 31.4 Å². The van der Waals surface area contributed by atoms with Crippen molar-refractivity contribution in [3.05, 3.63) is 29.3 Å². The van der Waals surface area contributed by atoms with Gasteiger partial charge >= 0.3 is 0 Å². The molecule has 0 aliphatic rings. The normalized spacial score (nSPS) is 13.9. The van der Waals surface area contributed by atoms with E-state index in [0.29, 0.717) is 12.0 Å². The first-order valence-corrected chi connectivity index (χ1v) is 5.48. The summed E-state index contributed by atoms with van der Waals surface area (Å²) in [6.07, 6.45) is 0.331. The molecule has 2 unspecified atom stereocenters. The van der Waals surface area contributed by atoms with Crippen molar-refractivity contribution in [3.63, 3.8) is 0 Å². The molecule has 0 amide bonds. The predicted molar refractivity (Wildman–Crippen MR) is 65.3 cm³/mol. The van der Waals surface area contributed by atoms with Gasteiger partial charge in [-0.25, -0.2) is 0 Å². The molecule has 3 nitrogen and oxygen atoms in total. The number of aliphatic hydroxyl groups is 1. The monoisotopic (exact) mass is 218 g/mol. The molecule has 0 bridgehead atoms. The highest BCUT2D eigenvalue weighted by Gasteiger charge is 2.08. The number of nitriles is 1. The van der Waals surface area contributed by atoms with Crippen LogP contribution in [-0.2, 0) is 0 Å². The highest BCUT2D eigenvalue weighted by molar-refractivity contribution is 5.58. The number of aryl methyl sites for hydroxylation is 1. The van der Waals surface area contributed by atoms with Gasteiger partial charge in [-0.05, 0) is 44.9 Å². The highest BCUT2D eigenvalue weighted by Crippen LogP contribution is 2.18. The number of hydrogen-bond donors (Lipinski definition) is 2. The Morgan fingerprint density at radius 1 is 1.44 bits per heavy atom. The molecular formula is C13H18N2O. The fraction of sp³-hybridized carbons (Fsp3) is 0.462. The van der Waals surface area contributed by atoms with Gasteiger partial charge in [0.2, 0.25) is 0 Å². The Bertz CT molecular complexity index is 393. The molecule has 0 aliphatic heterocycles. The molecule has 0 heterocycles. The maximum atomic E-state index is 9.27. The fourth-order valence-electron chi connectivity index (χ4n) is 1.71. The molecule has 0 fully saturated rings. The van der Waals surface area contributed by atoms with Gasteiger partial charge < -0.3 is 10.4 Å². The topological polar surface area (TPSA) is 56.0 Å². The van der Waals surface area contributed by atoms with Gasteiger partial charge in [0.25, 0.3) is 0 Å². The SMILES string of the molecule is Cc1ccc(NC(C)CC(C)O)c(C#N)c1. The maximum absolute atomic E-state index is 9.27. The van der Waals surface area contributed by atoms with Crippen molar-refractivity contribution in [2.45, 2.75) is 39.3 Å². The van der Waals surface area contributed by atoms with E-state index in [1.54, 1.807) is 6.92 Å². The van der Waals surface area contributed by atoms with E-state index in [-0.39, 0.29) is 12.1 Å². The fourth-order valence-corrected chi connectivity index (χ4v) is 1.71. The largest absolute Gasteiger partial charge is 0.393 e. The summed E-state index contributed by atoms with van der Waals surface area (Å²) in [5.74, 6) is 0. The molecule has 0 aliphatic carbocycles. The van der Waals surface area contributed by atoms with Gasteiger partial charge in [0.1, 0.15) is 6.07 Å². The number of nitrogens with zero attached hydrogens (tertiary/aromatic N) is 1. The summed E-state index contributed by atoms with van der Waals surface area (Å²) in [6.45, 7) is 5.72. The molecular weight excluding hydrogens is 200 g/mol. The van der Waals surface area contributed by atoms with Crippen molar-refractivity contribution in [2.24, 2.45) is 0 Å². The Morgan fingerprint density at radius 3 is 2.69 bits per heavy atom. The zero-order valence-corrected chi connectivity index (χ0v) is 9.99. The Kier molecular flexibility index (Phi) is 4.33. The van der Waals surface area contributed by atoms with E-state index >= 15 is 0 Å². The number of hydrogen-bond acceptors (Lipinski definition) is 3. The number of benzene rings is 1. The average molecular weight is 218 g/mol. The first kappa shape index (κ1) is 12.5. The lowest BCUT2D eigenvalue weighted by molar-refractivity contribution is 0.179. The zero-order chi connectivity index (χ0) is 12.1. The first-order chi connectivity index (χ1) is 7.52. The van der Waals surface area contributed by atoms with Crippen molar-refractivity contribution < 1.29 is 5.11 Å². The lowest BCUT2D eigenvalue weighted by atomic mass is 10.1. The second-order valence-corrected chi connectivity index (χ2v) is 4.29. The molecule has 0 saturated carbocycles. The van der Waals surface area contributed by atoms with E-state index in [2.05, 4.69) is 11.4 Å². The average Bonchev–Trinajstić information content (AvgIpc) is 2.19. The molecule has 0 aromatic heterocycles. The Hall–Kier alpha value is -1.53. The van der Waals surface area contributed by atoms with Crippen molar-refractivity contribution >= 4 is 5.69 Å². The predicted octanol–water partition coefficient (Wildman–Crippen LogP) is 2.44. The Balaban J connectivity index is 2.77. The van der Waals surface area contributed by atoms with E-state index < -0.39 is 0 Å². The van der Waals surface area contributed by atoms with Crippen molar-refractivity contribution in [3.8, 4) is 6.07 Å². The molecule has 1 aromatic rings. The van der Waals surface area contributed by atoms with Crippen LogP contribution in [0.3, 0.4) is 0 Å². The van der Waals surface area contributed by atoms with E-state index in [9.17, 15) is 5.11 Å². The smallest absolute Gasteiger partial charge is 0.101 e. The second-order valence-electron chi connectivity index (χ2n) is 4.29. The van der Waals surface area contributed by atoms with Crippen molar-refractivity contribution in [1.29, 1.82) is 5.26 Å². The molecule has 1 rings (SSSR count). The van der Waals surface area contributed by atoms with Gasteiger partial charge in [-0.1, -0.05) is 6.07 Å². The molecule has 86 valence electrons. The van der Waals surface area contributed by atoms with Crippen LogP contribution in [0.4, 0.5) is 5.69 Å². The van der Waals surface area contributed by atoms with Gasteiger partial charge in [-0.2, -0.15) is 5.26 Å². The van der Waals surface area contributed by atoms with Gasteiger partial charge in [-0.15, -0.1) is 0 Å². The standard InChI is InChI=1S/C13H18N2O/c1-9-4-5-13(12(6-9)8-14)15-10(2)7-11(3)16/h4-6,10-11,15-16H,7H2,1-3H3. The zero-order valence-electron chi connectivity index (χ0n) is 9.99. The second kappa shape index (κ2) is 5.53. The minimum absolute atomic E-state index is 0.148. The van der Waals surface area contributed by atoms with E-state index in [0.717, 1.165) is 11.3 Å². The van der Waals surface area contributed by atoms with Gasteiger partial charge in [0.15, 0.2) is 0 Å². The first-order valence-electron chi connectivity index (χ1n) is 5.48. The van der Waals surface area contributed by atoms with Crippen LogP contribution in [-0.4, -0.2) is 17.3 Å². The van der Waals surface area contributed by atoms with Gasteiger partial charge in [0.05, 0.1) is 17.4 Å². The summed E-state index contributed by atoms with van der Waals surface area (Å²) in [4.78, 5) is 0. The summed E-state index contributed by atoms with van der Waals surface area (Å²) >= 11 is 0. The summed E-state index contributed by atoms with van der Waals surface area (Å²) in [7, 11) is 0. The van der Waals surface area contributed by atoms with E-state index in [4.69, 9.17) is 5.26 Å². The third kappa shape index (κ3) is 3.56. The number of anilines is 1. The molecule has 3 heteroatoms. The molecule has 0 radical (unpaired) electrons. The summed E-state index contributed by atoms with van der Waals surface area (Å²) in [5.41, 5.74) is 2.56. The van der Waals surface area contributed by atoms with E-state index in [1.165, 1.54) is 0 Å². The van der Waals surface area contributed by atoms with Gasteiger partial charge in [-0.3, -0.25) is 0 Å². The summed E-state index contributed by atoms with van der Waals surface area (Å²) < 4.78 is 0. The highest BCUT2D eigenvalue weighted by atomic mass is 16.3. The van der Waals surface area contributed by atoms with Gasteiger partial charge in [0, 0.05) is 6.04 Å². The number of rotatable bonds is 4. The quantitative estimate of drug-likeness (QED) is 0.816. The van der Waals surface area contributed by atoms with Crippen LogP contribution in [0.2, 0.25) is 0 Å².